The number of phosphoric ester groups is 1. The van der Waals surface area contributed by atoms with E-state index in [4.69, 9.17) is 23.3 Å². The van der Waals surface area contributed by atoms with Gasteiger partial charge >= 0.3 is 25.7 Å². The molecule has 11 nitrogen and oxygen atoms in total. The Hall–Kier alpha value is -2.82. The van der Waals surface area contributed by atoms with E-state index in [1.54, 1.807) is 0 Å². The van der Waals surface area contributed by atoms with Crippen molar-refractivity contribution in [3.05, 3.63) is 60.8 Å². The number of hydrogen-bond acceptors (Lipinski definition) is 10. The minimum absolute atomic E-state index is 0.0913. The topological polar surface area (TPSA) is 155 Å². The van der Waals surface area contributed by atoms with E-state index in [0.717, 1.165) is 70.6 Å². The third-order valence-corrected chi connectivity index (χ3v) is 13.4. The molecule has 0 amide bonds. The summed E-state index contributed by atoms with van der Waals surface area (Å²) in [6.45, 7) is 4.49. The van der Waals surface area contributed by atoms with E-state index in [0.29, 0.717) is 25.7 Å². The van der Waals surface area contributed by atoms with E-state index in [1.807, 2.05) is 6.08 Å². The second-order valence-corrected chi connectivity index (χ2v) is 20.9. The van der Waals surface area contributed by atoms with Crippen molar-refractivity contribution in [1.82, 2.24) is 0 Å². The molecule has 0 radical (unpaired) electrons. The van der Waals surface area contributed by atoms with E-state index in [9.17, 15) is 28.9 Å². The molecule has 0 saturated carbocycles. The zero-order chi connectivity index (χ0) is 52.7. The average molecular weight is 1040 g/mol. The maximum absolute atomic E-state index is 12.9. The van der Waals surface area contributed by atoms with E-state index in [-0.39, 0.29) is 25.9 Å². The van der Waals surface area contributed by atoms with Gasteiger partial charge in [-0.05, 0) is 57.8 Å². The number of unbranched alkanes of at least 4 members (excludes halogenated alkanes) is 27. The maximum atomic E-state index is 12.9. The van der Waals surface area contributed by atoms with Gasteiger partial charge in [-0.1, -0.05) is 248 Å². The van der Waals surface area contributed by atoms with Gasteiger partial charge in [-0.15, -0.1) is 0 Å². The molecule has 0 aromatic heterocycles. The molecule has 0 saturated heterocycles. The minimum Gasteiger partial charge on any atom is -0.462 e. The monoisotopic (exact) mass is 1030 g/mol. The first-order chi connectivity index (χ1) is 35.2. The Labute approximate surface area is 440 Å². The van der Waals surface area contributed by atoms with Crippen LogP contribution in [0.15, 0.2) is 60.8 Å². The van der Waals surface area contributed by atoms with Gasteiger partial charge in [-0.3, -0.25) is 23.4 Å². The van der Waals surface area contributed by atoms with E-state index in [2.05, 4.69) is 75.5 Å². The lowest BCUT2D eigenvalue weighted by Gasteiger charge is -2.21. The van der Waals surface area contributed by atoms with Crippen molar-refractivity contribution in [2.45, 2.75) is 277 Å². The third kappa shape index (κ3) is 52.1. The van der Waals surface area contributed by atoms with Crippen molar-refractivity contribution in [1.29, 1.82) is 0 Å². The Morgan fingerprint density at radius 3 is 1.11 bits per heavy atom. The third-order valence-electron chi connectivity index (χ3n) is 12.5. The van der Waals surface area contributed by atoms with Crippen LogP contribution in [-0.2, 0) is 42.2 Å². The summed E-state index contributed by atoms with van der Waals surface area (Å²) < 4.78 is 39.4. The average Bonchev–Trinajstić information content (AvgIpc) is 3.37. The summed E-state index contributed by atoms with van der Waals surface area (Å²) in [4.78, 5) is 48.5. The van der Waals surface area contributed by atoms with Crippen molar-refractivity contribution in [3.8, 4) is 0 Å². The fourth-order valence-electron chi connectivity index (χ4n) is 8.04. The van der Waals surface area contributed by atoms with Crippen LogP contribution in [0.3, 0.4) is 0 Å². The van der Waals surface area contributed by atoms with Crippen molar-refractivity contribution < 1.29 is 52.2 Å². The second kappa shape index (κ2) is 54.4. The zero-order valence-electron chi connectivity index (χ0n) is 46.1. The number of aliphatic hydroxyl groups is 1. The van der Waals surface area contributed by atoms with Crippen LogP contribution in [0, 0.1) is 0 Å². The second-order valence-electron chi connectivity index (χ2n) is 19.4. The Bertz CT molecular complexity index is 1440. The van der Waals surface area contributed by atoms with Gasteiger partial charge < -0.3 is 24.2 Å². The number of carbonyl (C=O) groups is 3. The number of esters is 3. The molecule has 0 aromatic carbocycles. The van der Waals surface area contributed by atoms with Crippen LogP contribution in [0.4, 0.5) is 0 Å². The number of ether oxygens (including phenoxy) is 3. The molecule has 0 rings (SSSR count). The van der Waals surface area contributed by atoms with Crippen LogP contribution in [0.2, 0.25) is 0 Å². The van der Waals surface area contributed by atoms with Crippen LogP contribution in [-0.4, -0.2) is 66.5 Å². The van der Waals surface area contributed by atoms with Gasteiger partial charge in [0.25, 0.3) is 0 Å². The Kier molecular flexibility index (Phi) is 52.3. The quantitative estimate of drug-likeness (QED) is 0.0197. The molecule has 0 spiro atoms. The van der Waals surface area contributed by atoms with Crippen LogP contribution in [0.25, 0.3) is 0 Å². The first-order valence-electron chi connectivity index (χ1n) is 29.2. The normalized spacial score (nSPS) is 13.8. The van der Waals surface area contributed by atoms with Gasteiger partial charge in [0.15, 0.2) is 6.10 Å². The first kappa shape index (κ1) is 69.2. The highest BCUT2D eigenvalue weighted by molar-refractivity contribution is 7.47. The molecular weight excluding hydrogens is 928 g/mol. The number of hydrogen-bond donors (Lipinski definition) is 2. The summed E-state index contributed by atoms with van der Waals surface area (Å²) in [6.07, 6.45) is 59.1. The molecule has 0 aliphatic carbocycles. The predicted molar refractivity (Wildman–Crippen MR) is 298 cm³/mol. The van der Waals surface area contributed by atoms with E-state index < -0.39 is 57.8 Å². The SMILES string of the molecule is CC/C=C\C/C=C\C/C=C\C/C=C\C/C=C\CCCC(=O)OC(COC(=O)CCCCCCCCCCCCCCCCCCC)COP(=O)(O)OCC(CO)OC(=O)CCCCCCCCCCCCC. The van der Waals surface area contributed by atoms with E-state index in [1.165, 1.54) is 128 Å². The number of carbonyl (C=O) groups excluding carboxylic acids is 3. The highest BCUT2D eigenvalue weighted by atomic mass is 31.2. The van der Waals surface area contributed by atoms with Crippen molar-refractivity contribution in [2.75, 3.05) is 26.4 Å². The molecule has 0 aliphatic rings. The number of phosphoric acid groups is 1. The highest BCUT2D eigenvalue weighted by Crippen LogP contribution is 2.43. The lowest BCUT2D eigenvalue weighted by atomic mass is 10.0. The van der Waals surface area contributed by atoms with Crippen LogP contribution in [0.1, 0.15) is 265 Å². The molecule has 12 heteroatoms. The fourth-order valence-corrected chi connectivity index (χ4v) is 8.82. The number of aliphatic hydroxyl groups excluding tert-OH is 1. The molecule has 3 atom stereocenters. The lowest BCUT2D eigenvalue weighted by Crippen LogP contribution is -2.30. The van der Waals surface area contributed by atoms with Gasteiger partial charge in [0.1, 0.15) is 12.7 Å². The Morgan fingerprint density at radius 1 is 0.403 bits per heavy atom. The maximum Gasteiger partial charge on any atom is 0.472 e. The van der Waals surface area contributed by atoms with Crippen molar-refractivity contribution in [3.63, 3.8) is 0 Å². The molecule has 0 aliphatic heterocycles. The van der Waals surface area contributed by atoms with Gasteiger partial charge in [0.05, 0.1) is 19.8 Å². The standard InChI is InChI=1S/C60H107O11P/c1-4-7-10-13-16-19-22-24-26-28-30-32-35-37-40-43-46-49-58(62)67-53-57(71-60(64)51-48-45-42-39-36-33-31-29-27-25-23-20-17-14-11-8-5-2)55-69-72(65,66)68-54-56(52-61)70-59(63)50-47-44-41-38-34-21-18-15-12-9-6-3/h8,11,17,20,25,27,31,33,39,42,56-57,61H,4-7,9-10,12-16,18-19,21-24,26,28-30,32,34-38,40-41,43-55H2,1-3H3,(H,65,66)/b11-8-,20-17-,27-25-,33-31-,42-39-. The molecule has 3 unspecified atom stereocenters. The smallest absolute Gasteiger partial charge is 0.462 e. The van der Waals surface area contributed by atoms with Crippen LogP contribution in [0.5, 0.6) is 0 Å². The molecule has 0 bridgehead atoms. The fraction of sp³-hybridized carbons (Fsp3) is 0.783. The van der Waals surface area contributed by atoms with Crippen molar-refractivity contribution >= 4 is 25.7 Å². The zero-order valence-corrected chi connectivity index (χ0v) is 47.0. The molecule has 72 heavy (non-hydrogen) atoms. The molecule has 418 valence electrons. The molecule has 0 fully saturated rings. The molecule has 2 N–H and O–H groups in total. The Morgan fingerprint density at radius 2 is 0.722 bits per heavy atom. The first-order valence-corrected chi connectivity index (χ1v) is 30.7. The predicted octanol–water partition coefficient (Wildman–Crippen LogP) is 17.1. The molecule has 0 heterocycles. The summed E-state index contributed by atoms with van der Waals surface area (Å²) in [5.41, 5.74) is 0. The van der Waals surface area contributed by atoms with Crippen LogP contribution >= 0.6 is 7.82 Å². The molecular formula is C60H107O11P. The Balaban J connectivity index is 4.78. The van der Waals surface area contributed by atoms with Crippen molar-refractivity contribution in [2.24, 2.45) is 0 Å². The largest absolute Gasteiger partial charge is 0.472 e. The van der Waals surface area contributed by atoms with Gasteiger partial charge in [-0.25, -0.2) is 4.57 Å². The summed E-state index contributed by atoms with van der Waals surface area (Å²) in [5, 5.41) is 9.79. The summed E-state index contributed by atoms with van der Waals surface area (Å²) in [7, 11) is -4.76. The summed E-state index contributed by atoms with van der Waals surface area (Å²) in [6, 6.07) is 0. The van der Waals surface area contributed by atoms with Gasteiger partial charge in [0, 0.05) is 19.3 Å². The molecule has 0 aromatic rings. The summed E-state index contributed by atoms with van der Waals surface area (Å²) in [5.74, 6) is -1.52. The summed E-state index contributed by atoms with van der Waals surface area (Å²) >= 11 is 0. The van der Waals surface area contributed by atoms with Gasteiger partial charge in [-0.2, -0.15) is 0 Å². The highest BCUT2D eigenvalue weighted by Gasteiger charge is 2.28. The minimum atomic E-state index is -4.76. The lowest BCUT2D eigenvalue weighted by molar-refractivity contribution is -0.161. The number of rotatable bonds is 54. The van der Waals surface area contributed by atoms with Gasteiger partial charge in [0.2, 0.25) is 0 Å². The van der Waals surface area contributed by atoms with E-state index >= 15 is 0 Å². The number of allylic oxidation sites excluding steroid dienone is 10. The van der Waals surface area contributed by atoms with Crippen LogP contribution < -0.4 is 0 Å².